The Hall–Kier alpha value is -2.81. The summed E-state index contributed by atoms with van der Waals surface area (Å²) in [5, 5.41) is 2.97. The maximum Gasteiger partial charge on any atom is 0.350 e. The molecule has 1 aromatic carbocycles. The van der Waals surface area contributed by atoms with E-state index in [9.17, 15) is 9.59 Å². The summed E-state index contributed by atoms with van der Waals surface area (Å²) >= 11 is 1.05. The van der Waals surface area contributed by atoms with Crippen LogP contribution in [0.3, 0.4) is 0 Å². The Kier molecular flexibility index (Phi) is 4.75. The first-order valence-corrected chi connectivity index (χ1v) is 8.20. The van der Waals surface area contributed by atoms with E-state index in [1.807, 2.05) is 0 Å². The number of thiazole rings is 1. The normalized spacial score (nSPS) is 12.4. The molecule has 0 radical (unpaired) electrons. The molecule has 0 bridgehead atoms. The average Bonchev–Trinajstić information content (AvgIpc) is 3.00. The van der Waals surface area contributed by atoms with Crippen LogP contribution in [0.2, 0.25) is 0 Å². The second-order valence-electron chi connectivity index (χ2n) is 5.08. The predicted molar refractivity (Wildman–Crippen MR) is 90.1 cm³/mol. The molecular formula is C16H16N2O6S. The molecule has 25 heavy (non-hydrogen) atoms. The minimum atomic E-state index is -0.489. The van der Waals surface area contributed by atoms with E-state index in [0.717, 1.165) is 11.3 Å². The second-order valence-corrected chi connectivity index (χ2v) is 6.08. The number of anilines is 1. The predicted octanol–water partition coefficient (Wildman–Crippen LogP) is 2.27. The van der Waals surface area contributed by atoms with Crippen molar-refractivity contribution in [1.82, 2.24) is 4.98 Å². The number of rotatable bonds is 4. The maximum atomic E-state index is 12.5. The van der Waals surface area contributed by atoms with E-state index >= 15 is 0 Å². The molecule has 0 fully saturated rings. The van der Waals surface area contributed by atoms with Crippen molar-refractivity contribution in [3.8, 4) is 17.2 Å². The lowest BCUT2D eigenvalue weighted by Gasteiger charge is -2.21. The molecule has 1 aliphatic rings. The third kappa shape index (κ3) is 3.36. The molecule has 9 heteroatoms. The van der Waals surface area contributed by atoms with Crippen molar-refractivity contribution < 1.29 is 28.5 Å². The molecule has 0 aliphatic carbocycles. The highest BCUT2D eigenvalue weighted by molar-refractivity contribution is 7.17. The molecule has 0 saturated heterocycles. The van der Waals surface area contributed by atoms with Crippen molar-refractivity contribution in [2.75, 3.05) is 32.8 Å². The Labute approximate surface area is 147 Å². The number of ether oxygens (including phenoxy) is 4. The first kappa shape index (κ1) is 17.0. The van der Waals surface area contributed by atoms with Crippen LogP contribution in [-0.2, 0) is 4.74 Å². The zero-order valence-corrected chi connectivity index (χ0v) is 14.7. The molecule has 8 nitrogen and oxygen atoms in total. The van der Waals surface area contributed by atoms with Gasteiger partial charge in [-0.2, -0.15) is 0 Å². The van der Waals surface area contributed by atoms with Gasteiger partial charge in [0.05, 0.1) is 19.9 Å². The van der Waals surface area contributed by atoms with Crippen LogP contribution in [0, 0.1) is 6.92 Å². The van der Waals surface area contributed by atoms with Gasteiger partial charge in [-0.05, 0) is 19.1 Å². The smallest absolute Gasteiger partial charge is 0.350 e. The van der Waals surface area contributed by atoms with Crippen LogP contribution < -0.4 is 19.5 Å². The number of aromatic nitrogens is 1. The number of esters is 1. The molecule has 0 unspecified atom stereocenters. The number of nitrogens with one attached hydrogen (secondary N) is 1. The number of carbonyl (C=O) groups is 2. The third-order valence-electron chi connectivity index (χ3n) is 3.48. The van der Waals surface area contributed by atoms with E-state index in [-0.39, 0.29) is 0 Å². The van der Waals surface area contributed by atoms with Crippen molar-refractivity contribution in [3.63, 3.8) is 0 Å². The number of nitrogens with zero attached hydrogens (tertiary/aromatic N) is 1. The van der Waals surface area contributed by atoms with Gasteiger partial charge in [-0.3, -0.25) is 10.1 Å². The molecule has 1 amide bonds. The Morgan fingerprint density at radius 2 is 2.00 bits per heavy atom. The van der Waals surface area contributed by atoms with Gasteiger partial charge in [0.1, 0.15) is 18.1 Å². The summed E-state index contributed by atoms with van der Waals surface area (Å²) in [6, 6.07) is 3.14. The monoisotopic (exact) mass is 364 g/mol. The van der Waals surface area contributed by atoms with Gasteiger partial charge in [0, 0.05) is 5.56 Å². The van der Waals surface area contributed by atoms with Gasteiger partial charge in [-0.25, -0.2) is 9.78 Å². The van der Waals surface area contributed by atoms with Crippen molar-refractivity contribution in [2.45, 2.75) is 6.92 Å². The van der Waals surface area contributed by atoms with Gasteiger partial charge in [0.25, 0.3) is 5.91 Å². The quantitative estimate of drug-likeness (QED) is 0.831. The van der Waals surface area contributed by atoms with E-state index in [4.69, 9.17) is 14.2 Å². The SMILES string of the molecule is COC(=O)c1sc(NC(=O)c2cc(OC)c3c(c2)OCCO3)nc1C. The summed E-state index contributed by atoms with van der Waals surface area (Å²) in [4.78, 5) is 28.7. The molecule has 0 atom stereocenters. The first-order valence-electron chi connectivity index (χ1n) is 7.38. The molecule has 0 spiro atoms. The van der Waals surface area contributed by atoms with Crippen molar-refractivity contribution in [3.05, 3.63) is 28.3 Å². The molecule has 132 valence electrons. The number of benzene rings is 1. The number of fused-ring (bicyclic) bond motifs is 1. The summed E-state index contributed by atoms with van der Waals surface area (Å²) in [5.41, 5.74) is 0.820. The summed E-state index contributed by atoms with van der Waals surface area (Å²) in [5.74, 6) is 0.439. The fourth-order valence-electron chi connectivity index (χ4n) is 2.31. The van der Waals surface area contributed by atoms with E-state index < -0.39 is 11.9 Å². The van der Waals surface area contributed by atoms with Gasteiger partial charge in [0.2, 0.25) is 5.75 Å². The number of methoxy groups -OCH3 is 2. The Morgan fingerprint density at radius 1 is 1.24 bits per heavy atom. The molecule has 2 heterocycles. The lowest BCUT2D eigenvalue weighted by molar-refractivity contribution is 0.0605. The zero-order valence-electron chi connectivity index (χ0n) is 13.9. The largest absolute Gasteiger partial charge is 0.493 e. The molecule has 1 aromatic heterocycles. The standard InChI is InChI=1S/C16H16N2O6S/c1-8-13(15(20)22-3)25-16(17-8)18-14(19)9-6-10(21-2)12-11(7-9)23-4-5-24-12/h6-7H,4-5H2,1-3H3,(H,17,18,19). The average molecular weight is 364 g/mol. The number of aryl methyl sites for hydroxylation is 1. The molecule has 0 saturated carbocycles. The third-order valence-corrected chi connectivity index (χ3v) is 4.53. The Morgan fingerprint density at radius 3 is 2.72 bits per heavy atom. The summed E-state index contributed by atoms with van der Waals surface area (Å²) in [6.45, 7) is 2.49. The lowest BCUT2D eigenvalue weighted by Crippen LogP contribution is -2.18. The molecule has 3 rings (SSSR count). The number of amides is 1. The van der Waals surface area contributed by atoms with Crippen LogP contribution in [0.4, 0.5) is 5.13 Å². The molecule has 2 aromatic rings. The zero-order chi connectivity index (χ0) is 18.0. The van der Waals surface area contributed by atoms with Gasteiger partial charge >= 0.3 is 5.97 Å². The van der Waals surface area contributed by atoms with Crippen LogP contribution in [0.5, 0.6) is 17.2 Å². The van der Waals surface area contributed by atoms with E-state index in [1.165, 1.54) is 14.2 Å². The highest BCUT2D eigenvalue weighted by Crippen LogP contribution is 2.40. The second kappa shape index (κ2) is 6.98. The van der Waals surface area contributed by atoms with Crippen LogP contribution in [0.15, 0.2) is 12.1 Å². The Bertz CT molecular complexity index is 815. The van der Waals surface area contributed by atoms with Gasteiger partial charge < -0.3 is 18.9 Å². The summed E-state index contributed by atoms with van der Waals surface area (Å²) in [7, 11) is 2.78. The topological polar surface area (TPSA) is 96.0 Å². The fourth-order valence-corrected chi connectivity index (χ4v) is 3.19. The first-order chi connectivity index (χ1) is 12.0. The van der Waals surface area contributed by atoms with Crippen LogP contribution >= 0.6 is 11.3 Å². The van der Waals surface area contributed by atoms with E-state index in [2.05, 4.69) is 15.0 Å². The van der Waals surface area contributed by atoms with E-state index in [1.54, 1.807) is 19.1 Å². The summed E-state index contributed by atoms with van der Waals surface area (Å²) in [6.07, 6.45) is 0. The molecular weight excluding hydrogens is 348 g/mol. The van der Waals surface area contributed by atoms with Crippen LogP contribution in [0.25, 0.3) is 0 Å². The number of carbonyl (C=O) groups excluding carboxylic acids is 2. The lowest BCUT2D eigenvalue weighted by atomic mass is 10.1. The van der Waals surface area contributed by atoms with Crippen molar-refractivity contribution in [2.24, 2.45) is 0 Å². The van der Waals surface area contributed by atoms with Gasteiger partial charge in [-0.15, -0.1) is 0 Å². The maximum absolute atomic E-state index is 12.5. The minimum absolute atomic E-state index is 0.303. The van der Waals surface area contributed by atoms with Crippen LogP contribution in [0.1, 0.15) is 25.7 Å². The van der Waals surface area contributed by atoms with Crippen LogP contribution in [-0.4, -0.2) is 44.3 Å². The molecule has 1 aliphatic heterocycles. The molecule has 1 N–H and O–H groups in total. The Balaban J connectivity index is 1.85. The van der Waals surface area contributed by atoms with Gasteiger partial charge in [-0.1, -0.05) is 11.3 Å². The fraction of sp³-hybridized carbons (Fsp3) is 0.312. The summed E-state index contributed by atoms with van der Waals surface area (Å²) < 4.78 is 21.0. The highest BCUT2D eigenvalue weighted by Gasteiger charge is 2.22. The van der Waals surface area contributed by atoms with Crippen molar-refractivity contribution in [1.29, 1.82) is 0 Å². The number of hydrogen-bond donors (Lipinski definition) is 1. The minimum Gasteiger partial charge on any atom is -0.493 e. The van der Waals surface area contributed by atoms with E-state index in [0.29, 0.717) is 51.7 Å². The highest BCUT2D eigenvalue weighted by atomic mass is 32.1. The van der Waals surface area contributed by atoms with Gasteiger partial charge in [0.15, 0.2) is 16.6 Å². The number of hydrogen-bond acceptors (Lipinski definition) is 8. The van der Waals surface area contributed by atoms with Crippen molar-refractivity contribution >= 4 is 28.3 Å².